The van der Waals surface area contributed by atoms with Gasteiger partial charge in [-0.2, -0.15) is 0 Å². The van der Waals surface area contributed by atoms with Gasteiger partial charge in [-0.1, -0.05) is 59.6 Å². The van der Waals surface area contributed by atoms with Crippen molar-refractivity contribution in [3.63, 3.8) is 0 Å². The lowest BCUT2D eigenvalue weighted by molar-refractivity contribution is 0.459. The molecular formula is C27H29N5OS. The number of nitrogens with zero attached hydrogens (tertiary/aromatic N) is 2. The average Bonchev–Trinajstić information content (AvgIpc) is 3.26. The van der Waals surface area contributed by atoms with Crippen LogP contribution in [0.3, 0.4) is 0 Å². The molecule has 4 rings (SSSR count). The Morgan fingerprint density at radius 1 is 1.09 bits per heavy atom. The van der Waals surface area contributed by atoms with Crippen molar-refractivity contribution in [2.24, 2.45) is 5.73 Å². The molecule has 0 aliphatic rings. The van der Waals surface area contributed by atoms with Crippen molar-refractivity contribution in [2.75, 3.05) is 0 Å². The zero-order valence-corrected chi connectivity index (χ0v) is 20.4. The summed E-state index contributed by atoms with van der Waals surface area (Å²) in [5, 5.41) is 13.0. The third-order valence-corrected chi connectivity index (χ3v) is 6.34. The van der Waals surface area contributed by atoms with E-state index in [0.717, 1.165) is 33.5 Å². The number of para-hydroxylation sites is 1. The molecule has 0 spiro atoms. The number of hydrogen-bond donors (Lipinski definition) is 3. The van der Waals surface area contributed by atoms with Crippen LogP contribution in [0.1, 0.15) is 43.8 Å². The van der Waals surface area contributed by atoms with Gasteiger partial charge >= 0.3 is 0 Å². The van der Waals surface area contributed by atoms with Crippen molar-refractivity contribution >= 4 is 34.7 Å². The third-order valence-electron chi connectivity index (χ3n) is 5.33. The number of fused-ring (bicyclic) bond motifs is 1. The van der Waals surface area contributed by atoms with Crippen LogP contribution >= 0.6 is 11.9 Å². The topological polar surface area (TPSA) is 101 Å². The van der Waals surface area contributed by atoms with Crippen LogP contribution in [-0.2, 0) is 6.42 Å². The molecular weight excluding hydrogens is 442 g/mol. The molecule has 6 nitrogen and oxygen atoms in total. The van der Waals surface area contributed by atoms with Gasteiger partial charge in [-0.25, -0.2) is 0 Å². The van der Waals surface area contributed by atoms with Gasteiger partial charge in [-0.3, -0.25) is 9.71 Å². The molecule has 0 aliphatic carbocycles. The maximum Gasteiger partial charge on any atom is 0.167 e. The van der Waals surface area contributed by atoms with Gasteiger partial charge in [0.05, 0.1) is 5.69 Å². The maximum atomic E-state index is 7.61. The van der Waals surface area contributed by atoms with E-state index >= 15 is 0 Å². The molecule has 2 aromatic carbocycles. The Labute approximate surface area is 204 Å². The fraction of sp³-hybridized carbons (Fsp3) is 0.222. The highest BCUT2D eigenvalue weighted by Crippen LogP contribution is 2.35. The molecule has 0 bridgehead atoms. The highest BCUT2D eigenvalue weighted by molar-refractivity contribution is 7.98. The Hall–Kier alpha value is -3.42. The van der Waals surface area contributed by atoms with Gasteiger partial charge in [-0.05, 0) is 50.6 Å². The second kappa shape index (κ2) is 10.2. The van der Waals surface area contributed by atoms with E-state index in [1.54, 1.807) is 11.9 Å². The highest BCUT2D eigenvalue weighted by atomic mass is 32.2. The minimum Gasteiger partial charge on any atom is -0.404 e. The van der Waals surface area contributed by atoms with Crippen molar-refractivity contribution in [3.05, 3.63) is 89.9 Å². The van der Waals surface area contributed by atoms with Crippen LogP contribution in [0.5, 0.6) is 0 Å². The van der Waals surface area contributed by atoms with E-state index < -0.39 is 0 Å². The first kappa shape index (κ1) is 23.7. The van der Waals surface area contributed by atoms with E-state index in [9.17, 15) is 0 Å². The maximum absolute atomic E-state index is 7.61. The molecule has 4 N–H and O–H groups in total. The largest absolute Gasteiger partial charge is 0.404 e. The standard InChI is InChI=1S/C27H29N5OS/c1-27(2,3)34-32-24(15-19-9-8-13-23(30-19)18(16-28)17-29)20-10-4-5-11-21(20)26-22-12-6-7-14-25(22)33-31-26/h4-14,16-17,24,28,32H,15,29H2,1-3H3/b18-17+,28-16?. The van der Waals surface area contributed by atoms with Crippen molar-refractivity contribution in [2.45, 2.75) is 38.0 Å². The highest BCUT2D eigenvalue weighted by Gasteiger charge is 2.23. The summed E-state index contributed by atoms with van der Waals surface area (Å²) in [5.41, 5.74) is 11.6. The van der Waals surface area contributed by atoms with Gasteiger partial charge in [0, 0.05) is 51.8 Å². The minimum absolute atomic E-state index is 0.0265. The van der Waals surface area contributed by atoms with Crippen LogP contribution in [0.4, 0.5) is 0 Å². The van der Waals surface area contributed by atoms with Gasteiger partial charge < -0.3 is 15.7 Å². The molecule has 0 fully saturated rings. The summed E-state index contributed by atoms with van der Waals surface area (Å²) >= 11 is 1.70. The Morgan fingerprint density at radius 2 is 1.85 bits per heavy atom. The zero-order valence-electron chi connectivity index (χ0n) is 19.6. The smallest absolute Gasteiger partial charge is 0.167 e. The molecule has 1 atom stereocenters. The number of pyridine rings is 1. The SMILES string of the molecule is CC(C)(C)SNC(Cc1cccc(/C(C=N)=C/N)n1)c1ccccc1-c1noc2ccccc12. The monoisotopic (exact) mass is 471 g/mol. The number of aromatic nitrogens is 2. The summed E-state index contributed by atoms with van der Waals surface area (Å²) in [7, 11) is 0. The first-order valence-corrected chi connectivity index (χ1v) is 12.0. The molecule has 2 heterocycles. The Kier molecular flexibility index (Phi) is 7.14. The molecule has 0 aliphatic heterocycles. The molecule has 0 radical (unpaired) electrons. The van der Waals surface area contributed by atoms with Crippen molar-refractivity contribution in [1.82, 2.24) is 14.9 Å². The van der Waals surface area contributed by atoms with Crippen LogP contribution in [0.2, 0.25) is 0 Å². The summed E-state index contributed by atoms with van der Waals surface area (Å²) in [4.78, 5) is 4.78. The summed E-state index contributed by atoms with van der Waals surface area (Å²) in [6.45, 7) is 6.54. The molecule has 0 amide bonds. The summed E-state index contributed by atoms with van der Waals surface area (Å²) in [6.07, 6.45) is 3.29. The van der Waals surface area contributed by atoms with Crippen LogP contribution in [-0.4, -0.2) is 21.1 Å². The summed E-state index contributed by atoms with van der Waals surface area (Å²) in [5.74, 6) is 0. The molecule has 2 aromatic heterocycles. The molecule has 0 saturated heterocycles. The quantitative estimate of drug-likeness (QED) is 0.210. The normalized spacial score (nSPS) is 13.2. The number of rotatable bonds is 8. The lowest BCUT2D eigenvalue weighted by Crippen LogP contribution is -2.24. The van der Waals surface area contributed by atoms with E-state index in [2.05, 4.69) is 42.8 Å². The first-order chi connectivity index (χ1) is 16.4. The minimum atomic E-state index is -0.0380. The number of nitrogens with two attached hydrogens (primary N) is 1. The van der Waals surface area contributed by atoms with Crippen LogP contribution in [0.15, 0.2) is 77.5 Å². The summed E-state index contributed by atoms with van der Waals surface area (Å²) < 4.78 is 9.32. The van der Waals surface area contributed by atoms with Crippen LogP contribution in [0.25, 0.3) is 27.8 Å². The fourth-order valence-electron chi connectivity index (χ4n) is 3.73. The van der Waals surface area contributed by atoms with E-state index in [4.69, 9.17) is 20.7 Å². The Morgan fingerprint density at radius 3 is 2.62 bits per heavy atom. The predicted octanol–water partition coefficient (Wildman–Crippen LogP) is 6.16. The second-order valence-electron chi connectivity index (χ2n) is 8.98. The van der Waals surface area contributed by atoms with Gasteiger partial charge in [0.1, 0.15) is 5.69 Å². The zero-order chi connectivity index (χ0) is 24.1. The lowest BCUT2D eigenvalue weighted by atomic mass is 9.94. The predicted molar refractivity (Wildman–Crippen MR) is 142 cm³/mol. The van der Waals surface area contributed by atoms with E-state index in [0.29, 0.717) is 17.7 Å². The fourth-order valence-corrected chi connectivity index (χ4v) is 4.44. The summed E-state index contributed by atoms with van der Waals surface area (Å²) in [6, 6.07) is 22.0. The molecule has 4 aromatic rings. The van der Waals surface area contributed by atoms with Crippen LogP contribution in [0, 0.1) is 5.41 Å². The number of nitrogens with one attached hydrogen (secondary N) is 2. The molecule has 0 saturated carbocycles. The second-order valence-corrected chi connectivity index (χ2v) is 10.6. The van der Waals surface area contributed by atoms with Crippen LogP contribution < -0.4 is 10.5 Å². The average molecular weight is 472 g/mol. The number of allylic oxidation sites excluding steroid dienone is 1. The van der Waals surface area contributed by atoms with Gasteiger partial charge in [0.25, 0.3) is 0 Å². The van der Waals surface area contributed by atoms with E-state index in [1.807, 2.05) is 54.6 Å². The van der Waals surface area contributed by atoms with Crippen molar-refractivity contribution in [3.8, 4) is 11.3 Å². The number of hydrogen-bond acceptors (Lipinski definition) is 7. The molecule has 34 heavy (non-hydrogen) atoms. The van der Waals surface area contributed by atoms with E-state index in [-0.39, 0.29) is 10.8 Å². The third kappa shape index (κ3) is 5.38. The lowest BCUT2D eigenvalue weighted by Gasteiger charge is -2.26. The molecule has 174 valence electrons. The van der Waals surface area contributed by atoms with Gasteiger partial charge in [0.2, 0.25) is 0 Å². The van der Waals surface area contributed by atoms with Gasteiger partial charge in [-0.15, -0.1) is 0 Å². The van der Waals surface area contributed by atoms with E-state index in [1.165, 1.54) is 12.4 Å². The van der Waals surface area contributed by atoms with Gasteiger partial charge in [0.15, 0.2) is 5.58 Å². The molecule has 7 heteroatoms. The van der Waals surface area contributed by atoms with Crippen molar-refractivity contribution in [1.29, 1.82) is 5.41 Å². The Balaban J connectivity index is 1.76. The molecule has 1 unspecified atom stereocenters. The Bertz CT molecular complexity index is 1320. The number of benzene rings is 2. The first-order valence-electron chi connectivity index (χ1n) is 11.2. The van der Waals surface area contributed by atoms with Crippen molar-refractivity contribution < 1.29 is 4.52 Å².